The van der Waals surface area contributed by atoms with E-state index in [-0.39, 0.29) is 5.91 Å². The van der Waals surface area contributed by atoms with Crippen molar-refractivity contribution >= 4 is 11.7 Å². The lowest BCUT2D eigenvalue weighted by Gasteiger charge is -2.15. The second kappa shape index (κ2) is 5.35. The van der Waals surface area contributed by atoms with Gasteiger partial charge in [0.15, 0.2) is 11.9 Å². The number of nitrogens with zero attached hydrogens (tertiary/aromatic N) is 1. The normalized spacial score (nSPS) is 11.9. The van der Waals surface area contributed by atoms with Gasteiger partial charge < -0.3 is 14.6 Å². The maximum absolute atomic E-state index is 11.8. The minimum absolute atomic E-state index is 0.271. The van der Waals surface area contributed by atoms with Gasteiger partial charge in [0.05, 0.1) is 0 Å². The lowest BCUT2D eigenvalue weighted by molar-refractivity contribution is -0.122. The van der Waals surface area contributed by atoms with Crippen molar-refractivity contribution in [3.63, 3.8) is 0 Å². The molecule has 2 aromatic rings. The van der Waals surface area contributed by atoms with Crippen LogP contribution in [0.2, 0.25) is 0 Å². The summed E-state index contributed by atoms with van der Waals surface area (Å²) < 4.78 is 10.2. The van der Waals surface area contributed by atoms with E-state index in [4.69, 9.17) is 4.74 Å². The highest BCUT2D eigenvalue weighted by atomic mass is 16.5. The largest absolute Gasteiger partial charge is 0.481 e. The molecule has 0 spiro atoms. The lowest BCUT2D eigenvalue weighted by Crippen LogP contribution is -2.30. The third-order valence-corrected chi connectivity index (χ3v) is 2.46. The number of benzene rings is 1. The molecule has 1 heterocycles. The van der Waals surface area contributed by atoms with E-state index in [1.165, 1.54) is 6.26 Å². The highest BCUT2D eigenvalue weighted by Crippen LogP contribution is 2.18. The molecule has 1 aromatic heterocycles. The third-order valence-electron chi connectivity index (χ3n) is 2.46. The zero-order valence-electron chi connectivity index (χ0n) is 10.2. The van der Waals surface area contributed by atoms with Crippen molar-refractivity contribution in [3.05, 3.63) is 42.2 Å². The Balaban J connectivity index is 1.97. The number of carbonyl (C=O) groups is 1. The average Bonchev–Trinajstić information content (AvgIpc) is 2.84. The zero-order valence-corrected chi connectivity index (χ0v) is 10.2. The minimum atomic E-state index is -0.609. The van der Waals surface area contributed by atoms with E-state index in [1.807, 2.05) is 31.2 Å². The van der Waals surface area contributed by atoms with E-state index >= 15 is 0 Å². The van der Waals surface area contributed by atoms with Crippen LogP contribution in [0.1, 0.15) is 12.5 Å². The first-order valence-corrected chi connectivity index (χ1v) is 5.60. The van der Waals surface area contributed by atoms with E-state index in [1.54, 1.807) is 13.0 Å². The summed E-state index contributed by atoms with van der Waals surface area (Å²) in [5.74, 6) is 0.799. The maximum Gasteiger partial charge on any atom is 0.266 e. The molecule has 18 heavy (non-hydrogen) atoms. The summed E-state index contributed by atoms with van der Waals surface area (Å²) in [6, 6.07) is 9.11. The van der Waals surface area contributed by atoms with Gasteiger partial charge in [0, 0.05) is 6.07 Å². The fraction of sp³-hybridized carbons (Fsp3) is 0.231. The van der Waals surface area contributed by atoms with Gasteiger partial charge in [-0.05, 0) is 25.5 Å². The van der Waals surface area contributed by atoms with Crippen molar-refractivity contribution in [2.45, 2.75) is 20.0 Å². The van der Waals surface area contributed by atoms with Crippen LogP contribution in [0.25, 0.3) is 0 Å². The van der Waals surface area contributed by atoms with Crippen LogP contribution in [0.3, 0.4) is 0 Å². The number of aryl methyl sites for hydroxylation is 1. The Morgan fingerprint density at radius 3 is 2.83 bits per heavy atom. The van der Waals surface area contributed by atoms with Crippen LogP contribution in [0.4, 0.5) is 5.82 Å². The summed E-state index contributed by atoms with van der Waals surface area (Å²) in [7, 11) is 0. The Morgan fingerprint density at radius 1 is 1.39 bits per heavy atom. The monoisotopic (exact) mass is 246 g/mol. The van der Waals surface area contributed by atoms with Crippen molar-refractivity contribution < 1.29 is 14.1 Å². The first kappa shape index (κ1) is 12.2. The zero-order chi connectivity index (χ0) is 13.0. The van der Waals surface area contributed by atoms with Crippen molar-refractivity contribution in [1.29, 1.82) is 0 Å². The Hall–Kier alpha value is -2.30. The van der Waals surface area contributed by atoms with Crippen molar-refractivity contribution in [2.24, 2.45) is 0 Å². The maximum atomic E-state index is 11.8. The minimum Gasteiger partial charge on any atom is -0.481 e. The quantitative estimate of drug-likeness (QED) is 0.899. The number of para-hydroxylation sites is 1. The van der Waals surface area contributed by atoms with Gasteiger partial charge in [-0.1, -0.05) is 23.4 Å². The number of rotatable bonds is 4. The van der Waals surface area contributed by atoms with E-state index in [2.05, 4.69) is 15.0 Å². The summed E-state index contributed by atoms with van der Waals surface area (Å²) >= 11 is 0. The summed E-state index contributed by atoms with van der Waals surface area (Å²) in [6.45, 7) is 3.61. The molecule has 1 amide bonds. The predicted molar refractivity (Wildman–Crippen MR) is 66.4 cm³/mol. The molecule has 94 valence electrons. The van der Waals surface area contributed by atoms with Crippen LogP contribution in [0.5, 0.6) is 5.75 Å². The van der Waals surface area contributed by atoms with Gasteiger partial charge in [0.2, 0.25) is 0 Å². The molecule has 0 saturated carbocycles. The van der Waals surface area contributed by atoms with Gasteiger partial charge >= 0.3 is 0 Å². The molecule has 5 nitrogen and oxygen atoms in total. The standard InChI is InChI=1S/C13H14N2O3/c1-9-5-3-4-6-11(9)18-10(2)13(16)14-12-7-8-17-15-12/h3-8,10H,1-2H3,(H,14,15,16). The molecule has 0 saturated heterocycles. The molecular formula is C13H14N2O3. The molecule has 1 aromatic carbocycles. The van der Waals surface area contributed by atoms with Gasteiger partial charge in [-0.3, -0.25) is 4.79 Å². The van der Waals surface area contributed by atoms with E-state index < -0.39 is 6.10 Å². The molecule has 0 bridgehead atoms. The Bertz CT molecular complexity index is 523. The SMILES string of the molecule is Cc1ccccc1OC(C)C(=O)Nc1ccon1. The molecule has 0 radical (unpaired) electrons. The molecule has 1 atom stereocenters. The number of nitrogens with one attached hydrogen (secondary N) is 1. The van der Waals surface area contributed by atoms with Crippen molar-refractivity contribution in [2.75, 3.05) is 5.32 Å². The first-order valence-electron chi connectivity index (χ1n) is 5.60. The van der Waals surface area contributed by atoms with Gasteiger partial charge in [-0.2, -0.15) is 0 Å². The molecule has 0 aliphatic rings. The Labute approximate surface area is 105 Å². The van der Waals surface area contributed by atoms with Crippen LogP contribution < -0.4 is 10.1 Å². The molecule has 1 unspecified atom stereocenters. The van der Waals surface area contributed by atoms with Crippen LogP contribution in [-0.2, 0) is 4.79 Å². The van der Waals surface area contributed by atoms with Gasteiger partial charge in [0.25, 0.3) is 5.91 Å². The number of hydrogen-bond acceptors (Lipinski definition) is 4. The first-order chi connectivity index (χ1) is 8.66. The summed E-state index contributed by atoms with van der Waals surface area (Å²) in [4.78, 5) is 11.8. The van der Waals surface area contributed by atoms with Crippen LogP contribution >= 0.6 is 0 Å². The van der Waals surface area contributed by atoms with Crippen molar-refractivity contribution in [1.82, 2.24) is 5.16 Å². The number of carbonyl (C=O) groups excluding carboxylic acids is 1. The lowest BCUT2D eigenvalue weighted by atomic mass is 10.2. The fourth-order valence-electron chi connectivity index (χ4n) is 1.44. The molecular weight excluding hydrogens is 232 g/mol. The average molecular weight is 246 g/mol. The number of ether oxygens (including phenoxy) is 1. The third kappa shape index (κ3) is 2.88. The number of hydrogen-bond donors (Lipinski definition) is 1. The predicted octanol–water partition coefficient (Wildman–Crippen LogP) is 2.39. The molecule has 1 N–H and O–H groups in total. The highest BCUT2D eigenvalue weighted by molar-refractivity contribution is 5.93. The highest BCUT2D eigenvalue weighted by Gasteiger charge is 2.16. The summed E-state index contributed by atoms with van der Waals surface area (Å²) in [6.07, 6.45) is 0.783. The Morgan fingerprint density at radius 2 is 2.17 bits per heavy atom. The second-order valence-corrected chi connectivity index (χ2v) is 3.90. The summed E-state index contributed by atoms with van der Waals surface area (Å²) in [5.41, 5.74) is 0.985. The molecule has 2 rings (SSSR count). The number of anilines is 1. The molecule has 0 aliphatic carbocycles. The number of amides is 1. The Kier molecular flexibility index (Phi) is 3.62. The van der Waals surface area contributed by atoms with Gasteiger partial charge in [-0.25, -0.2) is 0 Å². The van der Waals surface area contributed by atoms with Crippen LogP contribution in [-0.4, -0.2) is 17.2 Å². The van der Waals surface area contributed by atoms with Crippen LogP contribution in [0, 0.1) is 6.92 Å². The van der Waals surface area contributed by atoms with E-state index in [0.717, 1.165) is 5.56 Å². The van der Waals surface area contributed by atoms with E-state index in [9.17, 15) is 4.79 Å². The smallest absolute Gasteiger partial charge is 0.266 e. The second-order valence-electron chi connectivity index (χ2n) is 3.90. The molecule has 0 aliphatic heterocycles. The molecule has 5 heteroatoms. The van der Waals surface area contributed by atoms with Gasteiger partial charge in [0.1, 0.15) is 12.0 Å². The topological polar surface area (TPSA) is 64.4 Å². The summed E-state index contributed by atoms with van der Waals surface area (Å²) in [5, 5.41) is 6.19. The molecule has 0 fully saturated rings. The van der Waals surface area contributed by atoms with Gasteiger partial charge in [-0.15, -0.1) is 0 Å². The van der Waals surface area contributed by atoms with E-state index in [0.29, 0.717) is 11.6 Å². The fourth-order valence-corrected chi connectivity index (χ4v) is 1.44. The number of aromatic nitrogens is 1. The van der Waals surface area contributed by atoms with Crippen LogP contribution in [0.15, 0.2) is 41.1 Å². The van der Waals surface area contributed by atoms with Crippen molar-refractivity contribution in [3.8, 4) is 5.75 Å².